The Hall–Kier alpha value is -2.66. The minimum atomic E-state index is 0.126. The van der Waals surface area contributed by atoms with E-state index < -0.39 is 0 Å². The largest absolute Gasteiger partial charge is 0.369 e. The van der Waals surface area contributed by atoms with Gasteiger partial charge in [0, 0.05) is 35.6 Å². The molecule has 0 spiro atoms. The Balaban J connectivity index is 1.34. The van der Waals surface area contributed by atoms with E-state index in [0.29, 0.717) is 10.9 Å². The van der Waals surface area contributed by atoms with Crippen LogP contribution in [0.5, 0.6) is 0 Å². The maximum Gasteiger partial charge on any atom is 0.253 e. The SMILES string of the molecule is O=C(c1ccccc1)N1CCC(CNc2ncnc3cc(Cl)ccc23)CC1. The van der Waals surface area contributed by atoms with Crippen LogP contribution in [0.4, 0.5) is 5.82 Å². The van der Waals surface area contributed by atoms with Gasteiger partial charge in [-0.25, -0.2) is 9.97 Å². The number of nitrogens with zero attached hydrogens (tertiary/aromatic N) is 3. The van der Waals surface area contributed by atoms with Crippen LogP contribution in [0.25, 0.3) is 10.9 Å². The summed E-state index contributed by atoms with van der Waals surface area (Å²) in [4.78, 5) is 23.1. The molecule has 0 atom stereocenters. The minimum absolute atomic E-state index is 0.126. The molecule has 0 unspecified atom stereocenters. The fourth-order valence-electron chi connectivity index (χ4n) is 3.52. The van der Waals surface area contributed by atoms with Crippen molar-refractivity contribution in [2.24, 2.45) is 5.92 Å². The van der Waals surface area contributed by atoms with Gasteiger partial charge < -0.3 is 10.2 Å². The molecule has 4 rings (SSSR count). The maximum absolute atomic E-state index is 12.5. The van der Waals surface area contributed by atoms with E-state index in [4.69, 9.17) is 11.6 Å². The molecule has 1 N–H and O–H groups in total. The predicted octanol–water partition coefficient (Wildman–Crippen LogP) is 4.25. The summed E-state index contributed by atoms with van der Waals surface area (Å²) >= 11 is 6.04. The average molecular weight is 381 g/mol. The second-order valence-electron chi connectivity index (χ2n) is 6.87. The van der Waals surface area contributed by atoms with Crippen molar-refractivity contribution in [2.45, 2.75) is 12.8 Å². The zero-order valence-electron chi connectivity index (χ0n) is 14.9. The number of carbonyl (C=O) groups excluding carboxylic acids is 1. The van der Waals surface area contributed by atoms with Gasteiger partial charge in [0.1, 0.15) is 12.1 Å². The van der Waals surface area contributed by atoms with Gasteiger partial charge in [0.2, 0.25) is 0 Å². The summed E-state index contributed by atoms with van der Waals surface area (Å²) in [6.07, 6.45) is 3.53. The van der Waals surface area contributed by atoms with E-state index in [1.807, 2.05) is 53.4 Å². The summed E-state index contributed by atoms with van der Waals surface area (Å²) in [7, 11) is 0. The lowest BCUT2D eigenvalue weighted by atomic mass is 9.96. The molecule has 5 nitrogen and oxygen atoms in total. The Morgan fingerprint density at radius 1 is 1.11 bits per heavy atom. The Morgan fingerprint density at radius 3 is 2.67 bits per heavy atom. The van der Waals surface area contributed by atoms with Crippen LogP contribution in [-0.4, -0.2) is 40.4 Å². The number of rotatable bonds is 4. The highest BCUT2D eigenvalue weighted by molar-refractivity contribution is 6.31. The topological polar surface area (TPSA) is 58.1 Å². The van der Waals surface area contributed by atoms with Crippen LogP contribution >= 0.6 is 11.6 Å². The number of anilines is 1. The van der Waals surface area contributed by atoms with Crippen molar-refractivity contribution >= 4 is 34.2 Å². The summed E-state index contributed by atoms with van der Waals surface area (Å²) in [5.41, 5.74) is 1.60. The normalized spacial score (nSPS) is 15.1. The number of halogens is 1. The third-order valence-corrected chi connectivity index (χ3v) is 5.31. The first-order chi connectivity index (χ1) is 13.2. The van der Waals surface area contributed by atoms with E-state index in [9.17, 15) is 4.79 Å². The Labute approximate surface area is 163 Å². The van der Waals surface area contributed by atoms with Gasteiger partial charge >= 0.3 is 0 Å². The van der Waals surface area contributed by atoms with Gasteiger partial charge in [0.15, 0.2) is 0 Å². The number of fused-ring (bicyclic) bond motifs is 1. The van der Waals surface area contributed by atoms with Crippen LogP contribution < -0.4 is 5.32 Å². The number of likely N-dealkylation sites (tertiary alicyclic amines) is 1. The van der Waals surface area contributed by atoms with Gasteiger partial charge in [-0.05, 0) is 49.1 Å². The fraction of sp³-hybridized carbons (Fsp3) is 0.286. The van der Waals surface area contributed by atoms with E-state index in [0.717, 1.165) is 54.8 Å². The molecule has 0 saturated carbocycles. The third kappa shape index (κ3) is 4.03. The first kappa shape index (κ1) is 17.7. The van der Waals surface area contributed by atoms with Gasteiger partial charge in [-0.15, -0.1) is 0 Å². The van der Waals surface area contributed by atoms with Crippen molar-refractivity contribution < 1.29 is 4.79 Å². The molecule has 3 aromatic rings. The number of amides is 1. The Kier molecular flexibility index (Phi) is 5.21. The van der Waals surface area contributed by atoms with Crippen molar-refractivity contribution in [1.82, 2.24) is 14.9 Å². The minimum Gasteiger partial charge on any atom is -0.369 e. The molecule has 1 saturated heterocycles. The third-order valence-electron chi connectivity index (χ3n) is 5.08. The van der Waals surface area contributed by atoms with Crippen molar-refractivity contribution in [3.05, 3.63) is 65.4 Å². The summed E-state index contributed by atoms with van der Waals surface area (Å²) in [6.45, 7) is 2.42. The smallest absolute Gasteiger partial charge is 0.253 e. The quantitative estimate of drug-likeness (QED) is 0.735. The highest BCUT2D eigenvalue weighted by atomic mass is 35.5. The second-order valence-corrected chi connectivity index (χ2v) is 7.30. The molecule has 1 amide bonds. The highest BCUT2D eigenvalue weighted by Gasteiger charge is 2.23. The number of hydrogen-bond donors (Lipinski definition) is 1. The van der Waals surface area contributed by atoms with Gasteiger partial charge in [0.25, 0.3) is 5.91 Å². The van der Waals surface area contributed by atoms with Gasteiger partial charge in [-0.1, -0.05) is 29.8 Å². The van der Waals surface area contributed by atoms with Crippen molar-refractivity contribution in [3.63, 3.8) is 0 Å². The molecule has 1 aliphatic heterocycles. The molecule has 2 aromatic carbocycles. The lowest BCUT2D eigenvalue weighted by molar-refractivity contribution is 0.0695. The number of piperidine rings is 1. The first-order valence-corrected chi connectivity index (χ1v) is 9.57. The molecular weight excluding hydrogens is 360 g/mol. The van der Waals surface area contributed by atoms with Crippen molar-refractivity contribution in [3.8, 4) is 0 Å². The van der Waals surface area contributed by atoms with Crippen molar-refractivity contribution in [1.29, 1.82) is 0 Å². The van der Waals surface area contributed by atoms with Crippen LogP contribution in [0.3, 0.4) is 0 Å². The zero-order chi connectivity index (χ0) is 18.6. The lowest BCUT2D eigenvalue weighted by Gasteiger charge is -2.32. The molecule has 2 heterocycles. The van der Waals surface area contributed by atoms with Gasteiger partial charge in [0.05, 0.1) is 5.52 Å². The number of nitrogens with one attached hydrogen (secondary N) is 1. The number of aromatic nitrogens is 2. The summed E-state index contributed by atoms with van der Waals surface area (Å²) in [5, 5.41) is 5.09. The maximum atomic E-state index is 12.5. The molecule has 1 fully saturated rings. The molecular formula is C21H21ClN4O. The summed E-state index contributed by atoms with van der Waals surface area (Å²) in [6, 6.07) is 15.1. The molecule has 0 bridgehead atoms. The molecule has 27 heavy (non-hydrogen) atoms. The van der Waals surface area contributed by atoms with Crippen LogP contribution in [0.2, 0.25) is 5.02 Å². The monoisotopic (exact) mass is 380 g/mol. The molecule has 0 radical (unpaired) electrons. The van der Waals surface area contributed by atoms with Crippen LogP contribution in [-0.2, 0) is 0 Å². The fourth-order valence-corrected chi connectivity index (χ4v) is 3.68. The summed E-state index contributed by atoms with van der Waals surface area (Å²) < 4.78 is 0. The second kappa shape index (κ2) is 7.92. The van der Waals surface area contributed by atoms with E-state index in [1.165, 1.54) is 0 Å². The van der Waals surface area contributed by atoms with Gasteiger partial charge in [-0.2, -0.15) is 0 Å². The summed E-state index contributed by atoms with van der Waals surface area (Å²) in [5.74, 6) is 1.47. The molecule has 6 heteroatoms. The van der Waals surface area contributed by atoms with Crippen LogP contribution in [0.15, 0.2) is 54.9 Å². The lowest BCUT2D eigenvalue weighted by Crippen LogP contribution is -2.39. The van der Waals surface area contributed by atoms with E-state index >= 15 is 0 Å². The standard InChI is InChI=1S/C21H21ClN4O/c22-17-6-7-18-19(12-17)24-14-25-20(18)23-13-15-8-10-26(11-9-15)21(27)16-4-2-1-3-5-16/h1-7,12,14-15H,8-11,13H2,(H,23,24,25). The van der Waals surface area contributed by atoms with E-state index in [-0.39, 0.29) is 5.91 Å². The van der Waals surface area contributed by atoms with Crippen LogP contribution in [0.1, 0.15) is 23.2 Å². The predicted molar refractivity (Wildman–Crippen MR) is 108 cm³/mol. The van der Waals surface area contributed by atoms with Crippen molar-refractivity contribution in [2.75, 3.05) is 25.0 Å². The molecule has 1 aliphatic rings. The van der Waals surface area contributed by atoms with E-state index in [1.54, 1.807) is 6.33 Å². The van der Waals surface area contributed by atoms with Crippen LogP contribution in [0, 0.1) is 5.92 Å². The molecule has 1 aromatic heterocycles. The Morgan fingerprint density at radius 2 is 1.89 bits per heavy atom. The zero-order valence-corrected chi connectivity index (χ0v) is 15.7. The first-order valence-electron chi connectivity index (χ1n) is 9.19. The number of benzene rings is 2. The van der Waals surface area contributed by atoms with E-state index in [2.05, 4.69) is 15.3 Å². The van der Waals surface area contributed by atoms with Gasteiger partial charge in [-0.3, -0.25) is 4.79 Å². The number of hydrogen-bond acceptors (Lipinski definition) is 4. The Bertz CT molecular complexity index is 939. The average Bonchev–Trinajstić information content (AvgIpc) is 2.72. The molecule has 138 valence electrons. The number of carbonyl (C=O) groups is 1. The molecule has 0 aliphatic carbocycles. The highest BCUT2D eigenvalue weighted by Crippen LogP contribution is 2.24.